The number of nitrogens with one attached hydrogen (secondary N) is 2. The van der Waals surface area contributed by atoms with Crippen LogP contribution >= 0.6 is 48.1 Å². The summed E-state index contributed by atoms with van der Waals surface area (Å²) in [6.45, 7) is 19.7. The third-order valence-corrected chi connectivity index (χ3v) is 5.47. The van der Waals surface area contributed by atoms with Crippen LogP contribution < -0.4 is 81.2 Å². The predicted octanol–water partition coefficient (Wildman–Crippen LogP) is 4.62. The number of esters is 2. The van der Waals surface area contributed by atoms with Gasteiger partial charge in [0.2, 0.25) is 5.88 Å². The van der Waals surface area contributed by atoms with Gasteiger partial charge in [0.1, 0.15) is 18.5 Å². The molecular formula is C39H85AlCl2IKN7O7S-. The maximum absolute atomic E-state index is 10.9. The first kappa shape index (κ1) is 89.5. The van der Waals surface area contributed by atoms with E-state index in [9.17, 15) is 19.2 Å². The molecule has 59 heavy (non-hydrogen) atoms. The first-order valence-corrected chi connectivity index (χ1v) is 23.1. The third-order valence-electron chi connectivity index (χ3n) is 5.47. The molecule has 20 heteroatoms. The summed E-state index contributed by atoms with van der Waals surface area (Å²) >= 11 is 1.38. The molecule has 0 fully saturated rings. The summed E-state index contributed by atoms with van der Waals surface area (Å²) in [5.74, 6) is 7.14. The van der Waals surface area contributed by atoms with Crippen LogP contribution in [0.4, 0.5) is 0 Å². The van der Waals surface area contributed by atoms with Gasteiger partial charge in [-0.1, -0.05) is 55.9 Å². The van der Waals surface area contributed by atoms with Gasteiger partial charge in [0.05, 0.1) is 37.3 Å². The number of ether oxygens (including phenoxy) is 2. The monoisotopic (exact) mass is 1060 g/mol. The summed E-state index contributed by atoms with van der Waals surface area (Å²) < 4.78 is 15.5. The fourth-order valence-corrected chi connectivity index (χ4v) is 1.97. The number of nitriles is 2. The predicted molar refractivity (Wildman–Crippen MR) is 259 cm³/mol. The Bertz CT molecular complexity index is 1160. The van der Waals surface area contributed by atoms with E-state index in [4.69, 9.17) is 28.1 Å². The van der Waals surface area contributed by atoms with Crippen LogP contribution in [0.15, 0.2) is 10.9 Å². The van der Waals surface area contributed by atoms with Crippen LogP contribution in [0, 0.1) is 39.9 Å². The molecule has 0 aromatic carbocycles. The largest absolute Gasteiger partial charge is 1.00 e. The first-order chi connectivity index (χ1) is 25.3. The second-order valence-corrected chi connectivity index (χ2v) is 15.7. The minimum atomic E-state index is -0.536. The molecule has 8 N–H and O–H groups in total. The van der Waals surface area contributed by atoms with Crippen molar-refractivity contribution in [3.63, 3.8) is 0 Å². The average molecular weight is 1060 g/mol. The van der Waals surface area contributed by atoms with E-state index in [-0.39, 0.29) is 178 Å². The number of halogens is 3. The summed E-state index contributed by atoms with van der Waals surface area (Å²) in [6.07, 6.45) is 9.22. The third kappa shape index (κ3) is 103. The Hall–Kier alpha value is -0.471. The molecule has 1 rings (SSSR count). The van der Waals surface area contributed by atoms with E-state index < -0.39 is 11.9 Å². The van der Waals surface area contributed by atoms with Gasteiger partial charge in [-0.05, 0) is 65.4 Å². The number of H-pyrrole nitrogens is 1. The van der Waals surface area contributed by atoms with E-state index in [1.165, 1.54) is 11.8 Å². The number of aromatic hydroxyl groups is 1. The number of rotatable bonds is 12. The van der Waals surface area contributed by atoms with Gasteiger partial charge in [-0.3, -0.25) is 19.8 Å². The van der Waals surface area contributed by atoms with Crippen molar-refractivity contribution in [1.29, 1.82) is 15.9 Å². The Labute approximate surface area is 443 Å². The van der Waals surface area contributed by atoms with Crippen LogP contribution in [0.3, 0.4) is 0 Å². The number of nitrogens with two attached hydrogens (primary N) is 1. The molecular weight excluding hydrogens is 974 g/mol. The molecule has 350 valence electrons. The molecule has 1 aromatic heterocycles. The molecule has 3 atom stereocenters. The Morgan fingerprint density at radius 2 is 1.47 bits per heavy atom. The summed E-state index contributed by atoms with van der Waals surface area (Å²) in [5, 5.41) is 31.8. The fraction of sp³-hybridized carbons (Fsp3) is 0.744. The maximum atomic E-state index is 10.9. The molecule has 0 saturated heterocycles. The minimum absolute atomic E-state index is 0. The average Bonchev–Trinajstić information content (AvgIpc) is 3.12. The summed E-state index contributed by atoms with van der Waals surface area (Å²) in [7, 11) is 0. The van der Waals surface area contributed by atoms with Crippen LogP contribution in [-0.2, 0) is 23.9 Å². The minimum Gasteiger partial charge on any atom is -1.00 e. The van der Waals surface area contributed by atoms with E-state index >= 15 is 0 Å². The molecule has 0 saturated carbocycles. The van der Waals surface area contributed by atoms with Gasteiger partial charge in [-0.2, -0.15) is 22.3 Å². The fourth-order valence-electron chi connectivity index (χ4n) is 1.97. The number of carbonyl (C=O) groups is 3. The molecule has 0 aliphatic rings. The van der Waals surface area contributed by atoms with E-state index in [0.717, 1.165) is 44.5 Å². The molecule has 0 amide bonds. The zero-order valence-corrected chi connectivity index (χ0v) is 47.4. The van der Waals surface area contributed by atoms with Gasteiger partial charge in [-0.25, -0.2) is 4.98 Å². The molecule has 0 aliphatic carbocycles. The van der Waals surface area contributed by atoms with E-state index in [1.807, 2.05) is 67.7 Å². The van der Waals surface area contributed by atoms with Gasteiger partial charge in [0.15, 0.2) is 0 Å². The molecule has 0 spiro atoms. The first-order valence-electron chi connectivity index (χ1n) is 18.9. The van der Waals surface area contributed by atoms with Crippen molar-refractivity contribution >= 4 is 86.4 Å². The van der Waals surface area contributed by atoms with Gasteiger partial charge >= 0.3 is 63.3 Å². The number of hydrogen-bond donors (Lipinski definition) is 5. The Kier molecular flexibility index (Phi) is 118. The van der Waals surface area contributed by atoms with Crippen molar-refractivity contribution in [1.82, 2.24) is 16.1 Å². The summed E-state index contributed by atoms with van der Waals surface area (Å²) in [4.78, 5) is 47.9. The molecule has 14 nitrogen and oxygen atoms in total. The number of aromatic nitrogens is 2. The van der Waals surface area contributed by atoms with Gasteiger partial charge in [0, 0.05) is 32.0 Å². The van der Waals surface area contributed by atoms with Crippen molar-refractivity contribution in [2.24, 2.45) is 17.6 Å². The zero-order valence-electron chi connectivity index (χ0n) is 40.4. The van der Waals surface area contributed by atoms with E-state index in [0.29, 0.717) is 30.7 Å². The van der Waals surface area contributed by atoms with E-state index in [1.54, 1.807) is 13.8 Å². The SMILES string of the molecule is C.CCC(C)C#N.CCC(C)C(=N)N.CCC(C)c1nc(O)cc(=O)[nH]1.CCCC#N.CCCC=O.CCOC(=O)CC(=O)OCC.Cl.I.N.[2H]CSC.[CH3][Al]([CH3])[CH3].[Cl-].[H-].[K+]. The molecule has 1 aromatic rings. The van der Waals surface area contributed by atoms with Gasteiger partial charge in [0.25, 0.3) is 19.7 Å². The topological polar surface area (TPSA) is 268 Å². The van der Waals surface area contributed by atoms with Crippen LogP contribution in [0.5, 0.6) is 5.88 Å². The number of carbonyl (C=O) groups excluding carboxylic acids is 3. The summed E-state index contributed by atoms with van der Waals surface area (Å²) in [5.41, 5.74) is 4.82. The molecule has 3 unspecified atom stereocenters. The van der Waals surface area contributed by atoms with Crippen LogP contribution in [0.2, 0.25) is 17.4 Å². The van der Waals surface area contributed by atoms with Crippen molar-refractivity contribution in [2.45, 2.75) is 151 Å². The summed E-state index contributed by atoms with van der Waals surface area (Å²) in [6, 6.07) is 5.19. The molecule has 1 heterocycles. The van der Waals surface area contributed by atoms with Crippen LogP contribution in [0.25, 0.3) is 0 Å². The number of unbranched alkanes of at least 4 members (excludes halogenated alkanes) is 2. The second-order valence-electron chi connectivity index (χ2n) is 11.7. The quantitative estimate of drug-likeness (QED) is 0.0364. The molecule has 0 bridgehead atoms. The number of aromatic amines is 1. The van der Waals surface area contributed by atoms with Crippen LogP contribution in [-0.4, -0.2) is 79.0 Å². The van der Waals surface area contributed by atoms with Gasteiger partial charge in [-0.15, -0.1) is 53.7 Å². The Morgan fingerprint density at radius 1 is 1.05 bits per heavy atom. The van der Waals surface area contributed by atoms with E-state index in [2.05, 4.69) is 42.9 Å². The van der Waals surface area contributed by atoms with Gasteiger partial charge < -0.3 is 50.1 Å². The van der Waals surface area contributed by atoms with Crippen molar-refractivity contribution in [3.05, 3.63) is 22.2 Å². The van der Waals surface area contributed by atoms with Crippen molar-refractivity contribution in [2.75, 3.05) is 25.7 Å². The Morgan fingerprint density at radius 3 is 1.63 bits per heavy atom. The Balaban J connectivity index is -0.0000000351. The van der Waals surface area contributed by atoms with Crippen molar-refractivity contribution < 1.29 is 95.6 Å². The number of nitrogens with zero attached hydrogens (tertiary/aromatic N) is 3. The number of thioether (sulfide) groups is 1. The standard InChI is InChI=1S/C8H12N2O2.C7H12O4.C5H12N2.C5H9N.C4H7N.C4H8O.C2H6S.CH4.3CH3.Al.2ClH.HI.K.H3N.H/c1-3-5(2)8-9-6(11)4-7(12)10-8;1-3-10-6(8)5-7(9)11-4-2;1-3-4(2)5(6)7;1-3-5(2)4-6;2*1-2-3-4-5;1-3-2;;;;;;;;;;;/h4-5H,3H2,1-2H3,(H2,9,10,11,12);3-5H2,1-2H3;4H,3H2,1-2H3,(H3,6,7);5H,3H2,1-2H3;2-3H2,1H3;4H,2-3H2,1H3;1-2H3;1H4;3*1H3;;3*1H;;1H3;/q;;;;;;;;;;;;;;;+1;;-1/p-1/i;;;;;;1D;;;;;;;;;;;. The zero-order chi connectivity index (χ0) is 43.9. The smallest absolute Gasteiger partial charge is 1.00 e. The number of hydrogen-bond acceptors (Lipinski definition) is 13. The number of aldehydes is 1. The maximum Gasteiger partial charge on any atom is 1.00 e. The van der Waals surface area contributed by atoms with Crippen LogP contribution in [0.1, 0.15) is 143 Å². The van der Waals surface area contributed by atoms with Crippen molar-refractivity contribution in [3.8, 4) is 18.0 Å². The molecule has 0 aliphatic heterocycles. The molecule has 0 radical (unpaired) electrons. The normalized spacial score (nSPS) is 9.32. The number of amidine groups is 1. The second kappa shape index (κ2) is 78.1.